The highest BCUT2D eigenvalue weighted by Crippen LogP contribution is 2.14. The van der Waals surface area contributed by atoms with Gasteiger partial charge in [-0.05, 0) is 30.5 Å². The predicted molar refractivity (Wildman–Crippen MR) is 74.1 cm³/mol. The Hall–Kier alpha value is -1.07. The van der Waals surface area contributed by atoms with Gasteiger partial charge in [0.15, 0.2) is 0 Å². The van der Waals surface area contributed by atoms with E-state index < -0.39 is 0 Å². The van der Waals surface area contributed by atoms with Crippen molar-refractivity contribution in [3.05, 3.63) is 29.8 Å². The topological polar surface area (TPSA) is 46.3 Å². The lowest BCUT2D eigenvalue weighted by Gasteiger charge is -2.17. The summed E-state index contributed by atoms with van der Waals surface area (Å²) >= 11 is 6.37. The highest BCUT2D eigenvalue weighted by Gasteiger charge is 2.09. The van der Waals surface area contributed by atoms with Gasteiger partial charge in [-0.2, -0.15) is 11.8 Å². The number of anilines is 1. The molecule has 3 nitrogen and oxygen atoms in total. The first-order valence-corrected chi connectivity index (χ1v) is 6.52. The molecule has 0 saturated heterocycles. The van der Waals surface area contributed by atoms with Crippen LogP contribution in [0.1, 0.15) is 5.56 Å². The second-order valence-electron chi connectivity index (χ2n) is 3.30. The Morgan fingerprint density at radius 1 is 1.44 bits per heavy atom. The van der Waals surface area contributed by atoms with Gasteiger partial charge >= 0.3 is 0 Å². The fourth-order valence-corrected chi connectivity index (χ4v) is 1.79. The highest BCUT2D eigenvalue weighted by atomic mass is 32.2. The number of thiocarbonyl (C=S) groups is 1. The van der Waals surface area contributed by atoms with E-state index in [9.17, 15) is 4.79 Å². The maximum atomic E-state index is 11.6. The molecule has 0 aliphatic heterocycles. The Labute approximate surface area is 105 Å². The summed E-state index contributed by atoms with van der Waals surface area (Å²) in [6.45, 7) is 0. The molecule has 0 heterocycles. The van der Waals surface area contributed by atoms with Gasteiger partial charge in [-0.3, -0.25) is 4.79 Å². The maximum Gasteiger partial charge on any atom is 0.236 e. The van der Waals surface area contributed by atoms with Crippen LogP contribution in [0.4, 0.5) is 5.69 Å². The normalized spacial score (nSPS) is 9.88. The lowest BCUT2D eigenvalue weighted by Crippen LogP contribution is -2.27. The van der Waals surface area contributed by atoms with Crippen LogP contribution in [0, 0.1) is 0 Å². The highest BCUT2D eigenvalue weighted by molar-refractivity contribution is 7.99. The van der Waals surface area contributed by atoms with Gasteiger partial charge in [0, 0.05) is 18.3 Å². The molecule has 1 rings (SSSR count). The summed E-state index contributed by atoms with van der Waals surface area (Å²) in [6, 6.07) is 7.32. The predicted octanol–water partition coefficient (Wildman–Crippen LogP) is 1.65. The van der Waals surface area contributed by atoms with Crippen LogP contribution in [0.15, 0.2) is 24.3 Å². The van der Waals surface area contributed by atoms with Gasteiger partial charge in [-0.25, -0.2) is 0 Å². The maximum absolute atomic E-state index is 11.6. The molecule has 0 bridgehead atoms. The zero-order valence-corrected chi connectivity index (χ0v) is 10.9. The lowest BCUT2D eigenvalue weighted by molar-refractivity contribution is -0.115. The minimum atomic E-state index is 0.0792. The molecular formula is C11H14N2OS2. The van der Waals surface area contributed by atoms with Crippen LogP contribution < -0.4 is 10.6 Å². The Morgan fingerprint density at radius 3 is 2.44 bits per heavy atom. The quantitative estimate of drug-likeness (QED) is 0.830. The third kappa shape index (κ3) is 3.21. The Kier molecular flexibility index (Phi) is 4.76. The number of carbonyl (C=O) groups is 1. The molecule has 86 valence electrons. The number of carbonyl (C=O) groups excluding carboxylic acids is 1. The summed E-state index contributed by atoms with van der Waals surface area (Å²) in [7, 11) is 1.76. The summed E-state index contributed by atoms with van der Waals surface area (Å²) < 4.78 is 0. The Balaban J connectivity index is 2.81. The average Bonchev–Trinajstić information content (AvgIpc) is 2.28. The average molecular weight is 254 g/mol. The number of nitrogens with two attached hydrogens (primary N) is 1. The molecular weight excluding hydrogens is 240 g/mol. The van der Waals surface area contributed by atoms with E-state index in [4.69, 9.17) is 18.0 Å². The van der Waals surface area contributed by atoms with Crippen molar-refractivity contribution in [1.29, 1.82) is 0 Å². The van der Waals surface area contributed by atoms with Gasteiger partial charge in [0.05, 0.1) is 5.75 Å². The van der Waals surface area contributed by atoms with Crippen LogP contribution in [-0.2, 0) is 4.79 Å². The van der Waals surface area contributed by atoms with Crippen molar-refractivity contribution in [2.45, 2.75) is 0 Å². The zero-order valence-electron chi connectivity index (χ0n) is 9.27. The number of rotatable bonds is 4. The van der Waals surface area contributed by atoms with Gasteiger partial charge in [0.1, 0.15) is 4.99 Å². The van der Waals surface area contributed by atoms with Crippen molar-refractivity contribution in [3.8, 4) is 0 Å². The summed E-state index contributed by atoms with van der Waals surface area (Å²) in [5.74, 6) is 0.559. The molecule has 0 spiro atoms. The fraction of sp³-hybridized carbons (Fsp3) is 0.273. The van der Waals surface area contributed by atoms with Crippen LogP contribution in [0.2, 0.25) is 0 Å². The van der Waals surface area contributed by atoms with Crippen molar-refractivity contribution >= 4 is 40.6 Å². The molecule has 1 aromatic rings. The molecule has 0 radical (unpaired) electrons. The van der Waals surface area contributed by atoms with E-state index in [1.165, 1.54) is 11.8 Å². The van der Waals surface area contributed by atoms with Crippen LogP contribution in [-0.4, -0.2) is 30.0 Å². The van der Waals surface area contributed by atoms with Crippen molar-refractivity contribution in [1.82, 2.24) is 0 Å². The monoisotopic (exact) mass is 254 g/mol. The van der Waals surface area contributed by atoms with Crippen LogP contribution >= 0.6 is 24.0 Å². The summed E-state index contributed by atoms with van der Waals surface area (Å²) in [4.78, 5) is 13.6. The molecule has 0 aliphatic carbocycles. The molecule has 0 aliphatic rings. The van der Waals surface area contributed by atoms with E-state index in [2.05, 4.69) is 0 Å². The lowest BCUT2D eigenvalue weighted by atomic mass is 10.2. The van der Waals surface area contributed by atoms with E-state index in [1.54, 1.807) is 11.9 Å². The summed E-state index contributed by atoms with van der Waals surface area (Å²) in [5, 5.41) is 0. The van der Waals surface area contributed by atoms with E-state index in [-0.39, 0.29) is 5.91 Å². The van der Waals surface area contributed by atoms with Crippen molar-refractivity contribution in [2.75, 3.05) is 24.0 Å². The minimum absolute atomic E-state index is 0.0792. The van der Waals surface area contributed by atoms with Crippen molar-refractivity contribution in [3.63, 3.8) is 0 Å². The van der Waals surface area contributed by atoms with Gasteiger partial charge in [-0.15, -0.1) is 0 Å². The van der Waals surface area contributed by atoms with E-state index in [0.717, 1.165) is 11.3 Å². The van der Waals surface area contributed by atoms with Crippen molar-refractivity contribution < 1.29 is 4.79 Å². The van der Waals surface area contributed by atoms with Gasteiger partial charge in [0.2, 0.25) is 5.91 Å². The number of hydrogen-bond acceptors (Lipinski definition) is 3. The fourth-order valence-electron chi connectivity index (χ4n) is 1.21. The Morgan fingerprint density at radius 2 is 2.00 bits per heavy atom. The molecule has 5 heteroatoms. The standard InChI is InChI=1S/C11H14N2OS2/c1-13(10(14)7-16-2)9-5-3-8(4-6-9)11(12)15/h3-6H,7H2,1-2H3,(H2,12,15). The van der Waals surface area contributed by atoms with Gasteiger partial charge < -0.3 is 10.6 Å². The summed E-state index contributed by atoms with van der Waals surface area (Å²) in [5.41, 5.74) is 7.15. The van der Waals surface area contributed by atoms with Crippen LogP contribution in [0.5, 0.6) is 0 Å². The van der Waals surface area contributed by atoms with E-state index in [0.29, 0.717) is 10.7 Å². The zero-order chi connectivity index (χ0) is 12.1. The molecule has 0 unspecified atom stereocenters. The number of amides is 1. The Bertz CT molecular complexity index is 389. The smallest absolute Gasteiger partial charge is 0.236 e. The number of thioether (sulfide) groups is 1. The number of benzene rings is 1. The molecule has 0 atom stereocenters. The first kappa shape index (κ1) is 13.0. The molecule has 1 aromatic carbocycles. The third-order valence-electron chi connectivity index (χ3n) is 2.18. The molecule has 0 aromatic heterocycles. The van der Waals surface area contributed by atoms with Crippen LogP contribution in [0.25, 0.3) is 0 Å². The van der Waals surface area contributed by atoms with Crippen LogP contribution in [0.3, 0.4) is 0 Å². The van der Waals surface area contributed by atoms with Gasteiger partial charge in [0.25, 0.3) is 0 Å². The van der Waals surface area contributed by atoms with E-state index in [1.807, 2.05) is 30.5 Å². The SMILES string of the molecule is CSCC(=O)N(C)c1ccc(C(N)=S)cc1. The van der Waals surface area contributed by atoms with Gasteiger partial charge in [-0.1, -0.05) is 12.2 Å². The second kappa shape index (κ2) is 5.86. The largest absolute Gasteiger partial charge is 0.389 e. The second-order valence-corrected chi connectivity index (χ2v) is 4.60. The molecule has 1 amide bonds. The molecule has 0 saturated carbocycles. The summed E-state index contributed by atoms with van der Waals surface area (Å²) in [6.07, 6.45) is 1.90. The first-order chi connectivity index (χ1) is 7.56. The molecule has 16 heavy (non-hydrogen) atoms. The first-order valence-electron chi connectivity index (χ1n) is 4.71. The van der Waals surface area contributed by atoms with Crippen molar-refractivity contribution in [2.24, 2.45) is 5.73 Å². The third-order valence-corrected chi connectivity index (χ3v) is 2.95. The van der Waals surface area contributed by atoms with E-state index >= 15 is 0 Å². The number of hydrogen-bond donors (Lipinski definition) is 1. The number of nitrogens with zero attached hydrogens (tertiary/aromatic N) is 1. The molecule has 0 fully saturated rings. The molecule has 2 N–H and O–H groups in total. The minimum Gasteiger partial charge on any atom is -0.389 e.